The van der Waals surface area contributed by atoms with Crippen LogP contribution in [0, 0.1) is 0 Å². The predicted molar refractivity (Wildman–Crippen MR) is 95.5 cm³/mol. The second-order valence-corrected chi connectivity index (χ2v) is 3.44. The molecular weight excluding hydrogens is 563 g/mol. The maximum absolute atomic E-state index is 11.9. The van der Waals surface area contributed by atoms with E-state index in [9.17, 15) is 9.59 Å². The molecule has 1 atom stereocenters. The second-order valence-electron chi connectivity index (χ2n) is 3.44. The summed E-state index contributed by atoms with van der Waals surface area (Å²) >= 11 is 4.24. The Balaban J connectivity index is -0.000000689. The minimum Gasteiger partial charge on any atom is -0.666 e. The van der Waals surface area contributed by atoms with Crippen LogP contribution in [0.5, 0.6) is 0 Å². The van der Waals surface area contributed by atoms with Crippen LogP contribution in [0.15, 0.2) is 17.3 Å². The summed E-state index contributed by atoms with van der Waals surface area (Å²) in [6, 6.07) is 0. The standard InChI is InChI=1S/C10H16N4O2.CH4.I2.Y/c1-3-12-9-10(16)14(6-8(11)15)5-4-7(2)13-9;;1-2;/h4-5,9,12H,3,6H2,1-2H3,(H2,11,15);1H4;;/p-1. The Morgan fingerprint density at radius 3 is 2.55 bits per heavy atom. The average Bonchev–Trinajstić information content (AvgIpc) is 2.46. The fraction of sp³-hybridized carbons (Fsp3) is 0.545. The molecule has 0 aromatic rings. The first kappa shape index (κ1) is 25.8. The van der Waals surface area contributed by atoms with Crippen LogP contribution in [0.25, 0.3) is 5.73 Å². The summed E-state index contributed by atoms with van der Waals surface area (Å²) in [6.45, 7) is 4.02. The van der Waals surface area contributed by atoms with Crippen molar-refractivity contribution in [3.63, 3.8) is 0 Å². The van der Waals surface area contributed by atoms with Gasteiger partial charge in [-0.25, -0.2) is 0 Å². The SMILES string of the molecule is C.CCNC1N=C(C)C=CN(CC([NH-])=O)C1=O.II.[Y]. The van der Waals surface area contributed by atoms with Crippen molar-refractivity contribution in [2.75, 3.05) is 13.1 Å². The fourth-order valence-corrected chi connectivity index (χ4v) is 1.34. The molecule has 0 spiro atoms. The van der Waals surface area contributed by atoms with Gasteiger partial charge >= 0.3 is 0 Å². The Kier molecular flexibility index (Phi) is 19.1. The van der Waals surface area contributed by atoms with Gasteiger partial charge in [0, 0.05) is 81.9 Å². The molecule has 0 bridgehead atoms. The average molecular weight is 582 g/mol. The number of aliphatic imine (C=N–C) groups is 1. The van der Waals surface area contributed by atoms with Crippen LogP contribution >= 0.6 is 37.2 Å². The zero-order chi connectivity index (χ0) is 14.1. The molecule has 1 radical (unpaired) electrons. The van der Waals surface area contributed by atoms with Gasteiger partial charge in [-0.1, -0.05) is 14.4 Å². The number of likely N-dealkylation sites (N-methyl/N-ethyl adjacent to an activating group) is 1. The van der Waals surface area contributed by atoms with Gasteiger partial charge in [0.05, 0.1) is 12.5 Å². The Morgan fingerprint density at radius 2 is 2.10 bits per heavy atom. The van der Waals surface area contributed by atoms with Gasteiger partial charge in [-0.15, -0.1) is 0 Å². The molecule has 0 aliphatic carbocycles. The van der Waals surface area contributed by atoms with Gasteiger partial charge in [-0.05, 0) is 19.5 Å². The number of hydrogen-bond donors (Lipinski definition) is 1. The molecule has 1 unspecified atom stereocenters. The van der Waals surface area contributed by atoms with E-state index in [2.05, 4.69) is 47.5 Å². The number of carbonyl (C=O) groups excluding carboxylic acids is 2. The summed E-state index contributed by atoms with van der Waals surface area (Å²) in [4.78, 5) is 28.0. The molecule has 2 N–H and O–H groups in total. The molecule has 0 saturated carbocycles. The molecule has 2 amide bonds. The quantitative estimate of drug-likeness (QED) is 0.518. The van der Waals surface area contributed by atoms with Crippen molar-refractivity contribution >= 4 is 54.8 Å². The number of amides is 2. The Bertz CT molecular complexity index is 364. The predicted octanol–water partition coefficient (Wildman–Crippen LogP) is 2.72. The van der Waals surface area contributed by atoms with Gasteiger partial charge in [0.2, 0.25) is 0 Å². The van der Waals surface area contributed by atoms with Crippen LogP contribution in [0.1, 0.15) is 21.3 Å². The Morgan fingerprint density at radius 1 is 1.55 bits per heavy atom. The topological polar surface area (TPSA) is 85.6 Å². The second kappa shape index (κ2) is 14.8. The van der Waals surface area contributed by atoms with E-state index in [-0.39, 0.29) is 52.6 Å². The molecular formula is C11H19I2N4O2Y-. The van der Waals surface area contributed by atoms with Crippen molar-refractivity contribution in [2.24, 2.45) is 4.99 Å². The molecule has 20 heavy (non-hydrogen) atoms. The van der Waals surface area contributed by atoms with Crippen molar-refractivity contribution in [3.8, 4) is 0 Å². The van der Waals surface area contributed by atoms with Gasteiger partial charge in [0.25, 0.3) is 5.91 Å². The third-order valence-corrected chi connectivity index (χ3v) is 2.06. The van der Waals surface area contributed by atoms with E-state index < -0.39 is 12.1 Å². The van der Waals surface area contributed by atoms with E-state index in [4.69, 9.17) is 5.73 Å². The van der Waals surface area contributed by atoms with E-state index in [1.165, 1.54) is 11.1 Å². The van der Waals surface area contributed by atoms with Gasteiger partial charge in [-0.2, -0.15) is 0 Å². The number of hydrogen-bond acceptors (Lipinski definition) is 4. The van der Waals surface area contributed by atoms with Crippen molar-refractivity contribution < 1.29 is 42.3 Å². The summed E-state index contributed by atoms with van der Waals surface area (Å²) in [6.07, 6.45) is 2.47. The van der Waals surface area contributed by atoms with Gasteiger partial charge in [0.15, 0.2) is 6.17 Å². The molecule has 1 aliphatic rings. The Labute approximate surface area is 169 Å². The van der Waals surface area contributed by atoms with Gasteiger partial charge in [-0.3, -0.25) is 15.1 Å². The normalized spacial score (nSPS) is 16.8. The van der Waals surface area contributed by atoms with Crippen LogP contribution in [-0.2, 0) is 42.3 Å². The van der Waals surface area contributed by atoms with Crippen molar-refractivity contribution in [1.29, 1.82) is 0 Å². The largest absolute Gasteiger partial charge is 0.666 e. The maximum Gasteiger partial charge on any atom is 0.266 e. The third kappa shape index (κ3) is 9.75. The molecule has 1 heterocycles. The monoisotopic (exact) mass is 582 g/mol. The summed E-state index contributed by atoms with van der Waals surface area (Å²) in [5, 5.41) is 2.92. The van der Waals surface area contributed by atoms with Gasteiger partial charge in [0.1, 0.15) is 0 Å². The smallest absolute Gasteiger partial charge is 0.266 e. The van der Waals surface area contributed by atoms with Crippen molar-refractivity contribution in [1.82, 2.24) is 10.2 Å². The van der Waals surface area contributed by atoms with E-state index in [1.54, 1.807) is 13.0 Å². The number of allylic oxidation sites excluding steroid dienone is 1. The molecule has 0 fully saturated rings. The van der Waals surface area contributed by atoms with E-state index >= 15 is 0 Å². The molecule has 1 rings (SSSR count). The zero-order valence-corrected chi connectivity index (χ0v) is 17.8. The first-order valence-electron chi connectivity index (χ1n) is 5.19. The van der Waals surface area contributed by atoms with E-state index in [0.29, 0.717) is 12.3 Å². The molecule has 1 aliphatic heterocycles. The van der Waals surface area contributed by atoms with Crippen LogP contribution < -0.4 is 5.32 Å². The molecule has 9 heteroatoms. The number of nitrogens with zero attached hydrogens (tertiary/aromatic N) is 2. The minimum absolute atomic E-state index is 0. The number of rotatable bonds is 4. The first-order valence-corrected chi connectivity index (χ1v) is 11.5. The molecule has 0 aromatic heterocycles. The van der Waals surface area contributed by atoms with Crippen LogP contribution in [0.2, 0.25) is 0 Å². The number of carbonyl (C=O) groups is 2. The first-order chi connectivity index (χ1) is 8.54. The van der Waals surface area contributed by atoms with Crippen molar-refractivity contribution in [3.05, 3.63) is 18.0 Å². The third-order valence-electron chi connectivity index (χ3n) is 2.06. The molecule has 0 saturated heterocycles. The van der Waals surface area contributed by atoms with Gasteiger partial charge < -0.3 is 15.4 Å². The minimum atomic E-state index is -0.798. The molecule has 0 aromatic carbocycles. The summed E-state index contributed by atoms with van der Waals surface area (Å²) in [7, 11) is 0. The number of nitrogens with one attached hydrogen (secondary N) is 2. The van der Waals surface area contributed by atoms with Crippen LogP contribution in [0.4, 0.5) is 0 Å². The molecule has 6 nitrogen and oxygen atoms in total. The summed E-state index contributed by atoms with van der Waals surface area (Å²) in [5.74, 6) is -1.11. The van der Waals surface area contributed by atoms with E-state index in [1.807, 2.05) is 6.92 Å². The summed E-state index contributed by atoms with van der Waals surface area (Å²) in [5.41, 5.74) is 7.58. The van der Waals surface area contributed by atoms with Crippen molar-refractivity contribution in [2.45, 2.75) is 27.4 Å². The zero-order valence-electron chi connectivity index (χ0n) is 10.7. The molecule has 113 valence electrons. The fourth-order valence-electron chi connectivity index (χ4n) is 1.34. The summed E-state index contributed by atoms with van der Waals surface area (Å²) < 4.78 is 0. The number of halogens is 2. The Hall–Kier alpha value is 0.874. The van der Waals surface area contributed by atoms with E-state index in [0.717, 1.165) is 0 Å². The maximum atomic E-state index is 11.9. The van der Waals surface area contributed by atoms with Crippen LogP contribution in [-0.4, -0.2) is 41.7 Å². The van der Waals surface area contributed by atoms with Crippen LogP contribution in [0.3, 0.4) is 0 Å².